The van der Waals surface area contributed by atoms with Crippen LogP contribution in [-0.4, -0.2) is 39.2 Å². The number of ether oxygens (including phenoxy) is 4. The Morgan fingerprint density at radius 2 is 1.56 bits per heavy atom. The molecule has 0 heterocycles. The van der Waals surface area contributed by atoms with Gasteiger partial charge in [-0.2, -0.15) is 5.26 Å². The summed E-state index contributed by atoms with van der Waals surface area (Å²) >= 11 is 0. The second-order valence-electron chi connectivity index (χ2n) is 7.85. The molecule has 0 aliphatic heterocycles. The first kappa shape index (κ1) is 24.6. The molecule has 0 spiro atoms. The van der Waals surface area contributed by atoms with Crippen molar-refractivity contribution >= 4 is 18.0 Å². The fourth-order valence-electron chi connectivity index (χ4n) is 3.81. The largest absolute Gasteiger partial charge is 0.493 e. The Morgan fingerprint density at radius 3 is 2.21 bits per heavy atom. The average molecular weight is 465 g/mol. The smallest absolute Gasteiger partial charge is 0.343 e. The van der Waals surface area contributed by atoms with Gasteiger partial charge in [0.05, 0.1) is 26.9 Å². The number of nitrogens with zero attached hydrogens (tertiary/aromatic N) is 1. The third kappa shape index (κ3) is 6.07. The number of nitrogens with one attached hydrogen (secondary N) is 1. The standard InChI is InChI=1S/C26H28N2O6/c1-31-21-12-10-18(15-24(21)33-3)26(30)34-22-11-9-17(14-23(22)32-2)13-19(16-27)25(29)28-20-7-5-4-6-8-20/h9-15,20H,4-8H2,1-3H3,(H,28,29)/b19-13-. The van der Waals surface area contributed by atoms with E-state index in [2.05, 4.69) is 5.32 Å². The van der Waals surface area contributed by atoms with Crippen molar-refractivity contribution in [1.82, 2.24) is 5.32 Å². The molecule has 8 nitrogen and oxygen atoms in total. The third-order valence-electron chi connectivity index (χ3n) is 5.63. The number of carbonyl (C=O) groups excluding carboxylic acids is 2. The van der Waals surface area contributed by atoms with Gasteiger partial charge in [-0.15, -0.1) is 0 Å². The molecule has 178 valence electrons. The van der Waals surface area contributed by atoms with Gasteiger partial charge in [-0.1, -0.05) is 25.3 Å². The molecule has 1 aliphatic rings. The molecule has 2 aromatic carbocycles. The SMILES string of the molecule is COc1ccc(C(=O)Oc2ccc(/C=C(/C#N)C(=O)NC3CCCCC3)cc2OC)cc1OC. The molecule has 0 aromatic heterocycles. The van der Waals surface area contributed by atoms with Crippen LogP contribution in [0.15, 0.2) is 42.0 Å². The van der Waals surface area contributed by atoms with Crippen LogP contribution in [0.1, 0.15) is 48.0 Å². The molecule has 0 unspecified atom stereocenters. The minimum Gasteiger partial charge on any atom is -0.493 e. The lowest BCUT2D eigenvalue weighted by atomic mass is 9.95. The summed E-state index contributed by atoms with van der Waals surface area (Å²) in [5, 5.41) is 12.4. The summed E-state index contributed by atoms with van der Waals surface area (Å²) < 4.78 is 21.3. The van der Waals surface area contributed by atoms with Crippen LogP contribution in [0, 0.1) is 11.3 Å². The zero-order valence-electron chi connectivity index (χ0n) is 19.6. The van der Waals surface area contributed by atoms with Crippen molar-refractivity contribution in [3.8, 4) is 29.1 Å². The Hall–Kier alpha value is -3.99. The second-order valence-corrected chi connectivity index (χ2v) is 7.85. The van der Waals surface area contributed by atoms with Crippen LogP contribution < -0.4 is 24.3 Å². The number of amides is 1. The number of carbonyl (C=O) groups is 2. The summed E-state index contributed by atoms with van der Waals surface area (Å²) in [7, 11) is 4.43. The highest BCUT2D eigenvalue weighted by atomic mass is 16.6. The van der Waals surface area contributed by atoms with Crippen molar-refractivity contribution in [3.05, 3.63) is 53.1 Å². The zero-order chi connectivity index (χ0) is 24.5. The highest BCUT2D eigenvalue weighted by Gasteiger charge is 2.19. The van der Waals surface area contributed by atoms with Crippen LogP contribution in [0.2, 0.25) is 0 Å². The van der Waals surface area contributed by atoms with Gasteiger partial charge in [0.1, 0.15) is 11.6 Å². The lowest BCUT2D eigenvalue weighted by Gasteiger charge is -2.22. The summed E-state index contributed by atoms with van der Waals surface area (Å²) in [6.07, 6.45) is 6.68. The molecule has 3 rings (SSSR count). The van der Waals surface area contributed by atoms with E-state index in [9.17, 15) is 14.9 Å². The Bertz CT molecular complexity index is 1110. The molecular weight excluding hydrogens is 436 g/mol. The first-order chi connectivity index (χ1) is 16.5. The van der Waals surface area contributed by atoms with Crippen LogP contribution in [0.25, 0.3) is 6.08 Å². The number of esters is 1. The quantitative estimate of drug-likeness (QED) is 0.269. The minimum atomic E-state index is -0.605. The third-order valence-corrected chi connectivity index (χ3v) is 5.63. The molecule has 1 N–H and O–H groups in total. The number of rotatable bonds is 8. The van der Waals surface area contributed by atoms with Crippen LogP contribution in [-0.2, 0) is 4.79 Å². The summed E-state index contributed by atoms with van der Waals surface area (Å²) in [5.74, 6) is 0.384. The molecule has 1 saturated carbocycles. The van der Waals surface area contributed by atoms with Gasteiger partial charge in [0.15, 0.2) is 23.0 Å². The molecule has 34 heavy (non-hydrogen) atoms. The van der Waals surface area contributed by atoms with Crippen molar-refractivity contribution in [2.45, 2.75) is 38.1 Å². The highest BCUT2D eigenvalue weighted by Crippen LogP contribution is 2.32. The monoisotopic (exact) mass is 464 g/mol. The Morgan fingerprint density at radius 1 is 0.912 bits per heavy atom. The predicted octanol–water partition coefficient (Wildman–Crippen LogP) is 4.29. The lowest BCUT2D eigenvalue weighted by molar-refractivity contribution is -0.117. The first-order valence-electron chi connectivity index (χ1n) is 11.0. The Labute approximate surface area is 199 Å². The maximum absolute atomic E-state index is 12.7. The van der Waals surface area contributed by atoms with E-state index >= 15 is 0 Å². The molecule has 0 saturated heterocycles. The van der Waals surface area contributed by atoms with E-state index in [0.29, 0.717) is 17.1 Å². The van der Waals surface area contributed by atoms with Gasteiger partial charge in [-0.05, 0) is 54.8 Å². The van der Waals surface area contributed by atoms with E-state index in [-0.39, 0.29) is 28.7 Å². The Balaban J connectivity index is 1.76. The second kappa shape index (κ2) is 11.8. The maximum atomic E-state index is 12.7. The van der Waals surface area contributed by atoms with Crippen LogP contribution in [0.5, 0.6) is 23.0 Å². The van der Waals surface area contributed by atoms with Gasteiger partial charge in [-0.3, -0.25) is 4.79 Å². The molecule has 0 radical (unpaired) electrons. The van der Waals surface area contributed by atoms with E-state index in [1.165, 1.54) is 39.9 Å². The zero-order valence-corrected chi connectivity index (χ0v) is 19.6. The van der Waals surface area contributed by atoms with Gasteiger partial charge in [-0.25, -0.2) is 4.79 Å². The van der Waals surface area contributed by atoms with Crippen LogP contribution in [0.4, 0.5) is 0 Å². The van der Waals surface area contributed by atoms with E-state index in [0.717, 1.165) is 25.7 Å². The van der Waals surface area contributed by atoms with Crippen molar-refractivity contribution < 1.29 is 28.5 Å². The van der Waals surface area contributed by atoms with Gasteiger partial charge < -0.3 is 24.3 Å². The normalized spacial score (nSPS) is 14.0. The van der Waals surface area contributed by atoms with E-state index in [1.54, 1.807) is 30.3 Å². The molecule has 2 aromatic rings. The van der Waals surface area contributed by atoms with Crippen LogP contribution >= 0.6 is 0 Å². The van der Waals surface area contributed by atoms with Crippen molar-refractivity contribution in [2.24, 2.45) is 0 Å². The number of nitriles is 1. The average Bonchev–Trinajstić information content (AvgIpc) is 2.87. The van der Waals surface area contributed by atoms with Gasteiger partial charge in [0, 0.05) is 6.04 Å². The van der Waals surface area contributed by atoms with Gasteiger partial charge in [0.25, 0.3) is 5.91 Å². The van der Waals surface area contributed by atoms with E-state index in [4.69, 9.17) is 18.9 Å². The molecule has 0 bridgehead atoms. The molecule has 1 amide bonds. The first-order valence-corrected chi connectivity index (χ1v) is 11.0. The summed E-state index contributed by atoms with van der Waals surface area (Å²) in [6, 6.07) is 11.6. The summed E-state index contributed by atoms with van der Waals surface area (Å²) in [5.41, 5.74) is 0.843. The van der Waals surface area contributed by atoms with Gasteiger partial charge >= 0.3 is 5.97 Å². The summed E-state index contributed by atoms with van der Waals surface area (Å²) in [6.45, 7) is 0. The fraction of sp³-hybridized carbons (Fsp3) is 0.346. The number of hydrogen-bond donors (Lipinski definition) is 1. The summed E-state index contributed by atoms with van der Waals surface area (Å²) in [4.78, 5) is 25.2. The van der Waals surface area contributed by atoms with Crippen molar-refractivity contribution in [2.75, 3.05) is 21.3 Å². The van der Waals surface area contributed by atoms with Crippen molar-refractivity contribution in [1.29, 1.82) is 5.26 Å². The maximum Gasteiger partial charge on any atom is 0.343 e. The molecule has 1 fully saturated rings. The number of benzene rings is 2. The fourth-order valence-corrected chi connectivity index (χ4v) is 3.81. The lowest BCUT2D eigenvalue weighted by Crippen LogP contribution is -2.36. The van der Waals surface area contributed by atoms with Crippen molar-refractivity contribution in [3.63, 3.8) is 0 Å². The van der Waals surface area contributed by atoms with Gasteiger partial charge in [0.2, 0.25) is 0 Å². The minimum absolute atomic E-state index is 0.00250. The number of hydrogen-bond acceptors (Lipinski definition) is 7. The number of methoxy groups -OCH3 is 3. The molecular formula is C26H28N2O6. The topological polar surface area (TPSA) is 107 Å². The molecule has 0 atom stereocenters. The van der Waals surface area contributed by atoms with E-state index in [1.807, 2.05) is 6.07 Å². The highest BCUT2D eigenvalue weighted by molar-refractivity contribution is 6.02. The molecule has 8 heteroatoms. The van der Waals surface area contributed by atoms with E-state index < -0.39 is 11.9 Å². The Kier molecular flexibility index (Phi) is 8.52. The molecule has 1 aliphatic carbocycles. The van der Waals surface area contributed by atoms with Crippen LogP contribution in [0.3, 0.4) is 0 Å². The predicted molar refractivity (Wildman–Crippen MR) is 126 cm³/mol.